The summed E-state index contributed by atoms with van der Waals surface area (Å²) < 4.78 is 2.22. The summed E-state index contributed by atoms with van der Waals surface area (Å²) in [5, 5.41) is 4.17. The van der Waals surface area contributed by atoms with Gasteiger partial charge in [0, 0.05) is 30.5 Å². The van der Waals surface area contributed by atoms with E-state index < -0.39 is 0 Å². The molecule has 1 aromatic heterocycles. The molecular weight excluding hydrogens is 298 g/mol. The Morgan fingerprint density at radius 1 is 1.08 bits per heavy atom. The maximum Gasteiger partial charge on any atom is 0.255 e. The van der Waals surface area contributed by atoms with E-state index in [2.05, 4.69) is 41.1 Å². The van der Waals surface area contributed by atoms with Crippen molar-refractivity contribution in [1.29, 1.82) is 0 Å². The molecule has 0 atom stereocenters. The fourth-order valence-electron chi connectivity index (χ4n) is 2.67. The highest BCUT2D eigenvalue weighted by atomic mass is 16.1. The molecule has 0 bridgehead atoms. The molecule has 1 heterocycles. The Balaban J connectivity index is 1.80. The zero-order valence-corrected chi connectivity index (χ0v) is 14.4. The Kier molecular flexibility index (Phi) is 4.67. The molecule has 0 aliphatic carbocycles. The number of likely N-dealkylation sites (N-methyl/N-ethyl adjacent to an activating group) is 1. The molecule has 0 aliphatic heterocycles. The minimum Gasteiger partial charge on any atom is -0.346 e. The van der Waals surface area contributed by atoms with Crippen molar-refractivity contribution >= 4 is 22.5 Å². The van der Waals surface area contributed by atoms with Crippen LogP contribution in [0.5, 0.6) is 0 Å². The number of benzene rings is 2. The van der Waals surface area contributed by atoms with Gasteiger partial charge in [-0.25, -0.2) is 0 Å². The molecule has 0 unspecified atom stereocenters. The molecule has 4 nitrogen and oxygen atoms in total. The summed E-state index contributed by atoms with van der Waals surface area (Å²) >= 11 is 0. The van der Waals surface area contributed by atoms with Crippen molar-refractivity contribution < 1.29 is 4.79 Å². The van der Waals surface area contributed by atoms with Gasteiger partial charge in [0.1, 0.15) is 0 Å². The largest absolute Gasteiger partial charge is 0.346 e. The molecule has 0 fully saturated rings. The number of hydrogen-bond acceptors (Lipinski definition) is 2. The maximum atomic E-state index is 12.4. The lowest BCUT2D eigenvalue weighted by Gasteiger charge is -2.12. The lowest BCUT2D eigenvalue weighted by Crippen LogP contribution is -2.18. The van der Waals surface area contributed by atoms with Crippen molar-refractivity contribution in [3.8, 4) is 0 Å². The van der Waals surface area contributed by atoms with Crippen LogP contribution < -0.4 is 5.32 Å². The van der Waals surface area contributed by atoms with Crippen molar-refractivity contribution in [3.05, 3.63) is 65.9 Å². The van der Waals surface area contributed by atoms with Crippen LogP contribution in [0.1, 0.15) is 15.9 Å². The molecule has 3 rings (SSSR count). The number of carbonyl (C=O) groups excluding carboxylic acids is 1. The molecule has 0 spiro atoms. The summed E-state index contributed by atoms with van der Waals surface area (Å²) in [5.74, 6) is -0.0826. The zero-order valence-electron chi connectivity index (χ0n) is 14.4. The van der Waals surface area contributed by atoms with Crippen LogP contribution in [0.25, 0.3) is 10.9 Å². The molecule has 124 valence electrons. The number of hydrogen-bond donors (Lipinski definition) is 1. The van der Waals surface area contributed by atoms with Crippen LogP contribution in [0.3, 0.4) is 0 Å². The van der Waals surface area contributed by atoms with Crippen LogP contribution in [0.4, 0.5) is 5.69 Å². The number of amides is 1. The van der Waals surface area contributed by atoms with Crippen molar-refractivity contribution in [1.82, 2.24) is 9.47 Å². The molecule has 0 saturated heterocycles. The van der Waals surface area contributed by atoms with E-state index in [-0.39, 0.29) is 5.91 Å². The normalized spacial score (nSPS) is 11.2. The predicted molar refractivity (Wildman–Crippen MR) is 99.6 cm³/mol. The SMILES string of the molecule is Cc1ccc(C(=O)Nc2ccc3ccn(CCN(C)C)c3c2)cc1. The van der Waals surface area contributed by atoms with Gasteiger partial charge in [-0.2, -0.15) is 0 Å². The van der Waals surface area contributed by atoms with E-state index in [0.717, 1.165) is 29.9 Å². The highest BCUT2D eigenvalue weighted by molar-refractivity contribution is 6.05. The molecule has 3 aromatic rings. The minimum absolute atomic E-state index is 0.0826. The van der Waals surface area contributed by atoms with E-state index in [4.69, 9.17) is 0 Å². The number of nitrogens with zero attached hydrogens (tertiary/aromatic N) is 2. The standard InChI is InChI=1S/C20H23N3O/c1-15-4-6-17(7-5-15)20(24)21-18-9-8-16-10-11-23(19(16)14-18)13-12-22(2)3/h4-11,14H,12-13H2,1-3H3,(H,21,24). The number of nitrogens with one attached hydrogen (secondary N) is 1. The van der Waals surface area contributed by atoms with Crippen molar-refractivity contribution in [2.45, 2.75) is 13.5 Å². The number of aryl methyl sites for hydroxylation is 1. The summed E-state index contributed by atoms with van der Waals surface area (Å²) in [6.07, 6.45) is 2.10. The van der Waals surface area contributed by atoms with Crippen molar-refractivity contribution in [3.63, 3.8) is 0 Å². The Morgan fingerprint density at radius 3 is 2.54 bits per heavy atom. The number of anilines is 1. The maximum absolute atomic E-state index is 12.4. The Hall–Kier alpha value is -2.59. The third-order valence-electron chi connectivity index (χ3n) is 4.13. The van der Waals surface area contributed by atoms with Gasteiger partial charge < -0.3 is 14.8 Å². The monoisotopic (exact) mass is 321 g/mol. The minimum atomic E-state index is -0.0826. The second kappa shape index (κ2) is 6.89. The first kappa shape index (κ1) is 16.3. The van der Waals surface area contributed by atoms with Crippen LogP contribution in [0, 0.1) is 6.92 Å². The third-order valence-corrected chi connectivity index (χ3v) is 4.13. The fraction of sp³-hybridized carbons (Fsp3) is 0.250. The zero-order chi connectivity index (χ0) is 17.1. The molecule has 0 aliphatic rings. The quantitative estimate of drug-likeness (QED) is 0.777. The van der Waals surface area contributed by atoms with E-state index in [9.17, 15) is 4.79 Å². The van der Waals surface area contributed by atoms with Gasteiger partial charge in [0.2, 0.25) is 0 Å². The smallest absolute Gasteiger partial charge is 0.255 e. The highest BCUT2D eigenvalue weighted by Crippen LogP contribution is 2.21. The second-order valence-electron chi connectivity index (χ2n) is 6.41. The highest BCUT2D eigenvalue weighted by Gasteiger charge is 2.08. The molecular formula is C20H23N3O. The summed E-state index contributed by atoms with van der Waals surface area (Å²) in [6, 6.07) is 15.7. The lowest BCUT2D eigenvalue weighted by atomic mass is 10.1. The number of fused-ring (bicyclic) bond motifs is 1. The third kappa shape index (κ3) is 3.66. The van der Waals surface area contributed by atoms with E-state index in [1.807, 2.05) is 49.4 Å². The number of carbonyl (C=O) groups is 1. The van der Waals surface area contributed by atoms with Gasteiger partial charge >= 0.3 is 0 Å². The summed E-state index contributed by atoms with van der Waals surface area (Å²) in [7, 11) is 4.14. The van der Waals surface area contributed by atoms with Crippen molar-refractivity contribution in [2.24, 2.45) is 0 Å². The summed E-state index contributed by atoms with van der Waals surface area (Å²) in [6.45, 7) is 3.91. The summed E-state index contributed by atoms with van der Waals surface area (Å²) in [5.41, 5.74) is 3.77. The topological polar surface area (TPSA) is 37.3 Å². The van der Waals surface area contributed by atoms with Crippen molar-refractivity contribution in [2.75, 3.05) is 26.0 Å². The van der Waals surface area contributed by atoms with Gasteiger partial charge in [0.15, 0.2) is 0 Å². The fourth-order valence-corrected chi connectivity index (χ4v) is 2.67. The second-order valence-corrected chi connectivity index (χ2v) is 6.41. The van der Waals surface area contributed by atoms with Gasteiger partial charge in [-0.05, 0) is 56.7 Å². The molecule has 2 aromatic carbocycles. The Bertz CT molecular complexity index is 847. The first-order chi connectivity index (χ1) is 11.5. The number of rotatable bonds is 5. The van der Waals surface area contributed by atoms with E-state index in [1.165, 1.54) is 5.39 Å². The van der Waals surface area contributed by atoms with Crippen LogP contribution in [-0.2, 0) is 6.54 Å². The lowest BCUT2D eigenvalue weighted by molar-refractivity contribution is 0.102. The van der Waals surface area contributed by atoms with Crippen LogP contribution in [0.2, 0.25) is 0 Å². The van der Waals surface area contributed by atoms with Gasteiger partial charge in [0.25, 0.3) is 5.91 Å². The predicted octanol–water partition coefficient (Wildman–Crippen LogP) is 3.76. The molecule has 0 saturated carbocycles. The van der Waals surface area contributed by atoms with Crippen LogP contribution >= 0.6 is 0 Å². The Morgan fingerprint density at radius 2 is 1.83 bits per heavy atom. The van der Waals surface area contributed by atoms with Gasteiger partial charge in [-0.1, -0.05) is 23.8 Å². The molecule has 1 N–H and O–H groups in total. The average molecular weight is 321 g/mol. The van der Waals surface area contributed by atoms with E-state index >= 15 is 0 Å². The van der Waals surface area contributed by atoms with Crippen LogP contribution in [-0.4, -0.2) is 36.0 Å². The molecule has 4 heteroatoms. The van der Waals surface area contributed by atoms with Gasteiger partial charge in [0.05, 0.1) is 5.52 Å². The Labute approximate surface area is 142 Å². The molecule has 1 amide bonds. The molecule has 24 heavy (non-hydrogen) atoms. The molecule has 0 radical (unpaired) electrons. The van der Waals surface area contributed by atoms with E-state index in [1.54, 1.807) is 0 Å². The summed E-state index contributed by atoms with van der Waals surface area (Å²) in [4.78, 5) is 14.5. The average Bonchev–Trinajstić information content (AvgIpc) is 2.96. The van der Waals surface area contributed by atoms with Crippen LogP contribution in [0.15, 0.2) is 54.7 Å². The van der Waals surface area contributed by atoms with Gasteiger partial charge in [-0.3, -0.25) is 4.79 Å². The first-order valence-corrected chi connectivity index (χ1v) is 8.14. The van der Waals surface area contributed by atoms with Gasteiger partial charge in [-0.15, -0.1) is 0 Å². The first-order valence-electron chi connectivity index (χ1n) is 8.14. The number of aromatic nitrogens is 1. The van der Waals surface area contributed by atoms with E-state index in [0.29, 0.717) is 5.56 Å².